The van der Waals surface area contributed by atoms with E-state index >= 15 is 0 Å². The maximum Gasteiger partial charge on any atom is 0.396 e. The molecule has 0 aliphatic rings. The van der Waals surface area contributed by atoms with Crippen molar-refractivity contribution in [3.63, 3.8) is 0 Å². The monoisotopic (exact) mass is 304 g/mol. The first-order valence-corrected chi connectivity index (χ1v) is 7.55. The number of hydrogen-bond donors (Lipinski definition) is 1. The van der Waals surface area contributed by atoms with E-state index in [4.69, 9.17) is 13.9 Å². The smallest absolute Gasteiger partial charge is 0.396 e. The maximum atomic E-state index is 11.3. The summed E-state index contributed by atoms with van der Waals surface area (Å²) in [5, 5.41) is 17.2. The number of aromatic nitrogens is 2. The Bertz CT molecular complexity index is 399. The zero-order chi connectivity index (χ0) is 14.8. The van der Waals surface area contributed by atoms with Crippen LogP contribution < -0.4 is 0 Å². The molecule has 0 spiro atoms. The van der Waals surface area contributed by atoms with Gasteiger partial charge in [0.15, 0.2) is 0 Å². The Balaban J connectivity index is 2.26. The normalized spacial score (nSPS) is 12.3. The number of nitrogens with zero attached hydrogens (tertiary/aromatic N) is 2. The molecule has 20 heavy (non-hydrogen) atoms. The highest BCUT2D eigenvalue weighted by Gasteiger charge is 2.17. The number of aliphatic hydroxyl groups is 1. The highest BCUT2D eigenvalue weighted by molar-refractivity contribution is 7.99. The first kappa shape index (κ1) is 16.9. The summed E-state index contributed by atoms with van der Waals surface area (Å²) in [6, 6.07) is 0. The number of aliphatic hydroxyl groups excluding tert-OH is 1. The predicted molar refractivity (Wildman–Crippen MR) is 72.7 cm³/mol. The first-order chi connectivity index (χ1) is 9.67. The van der Waals surface area contributed by atoms with Crippen LogP contribution in [0.2, 0.25) is 0 Å². The van der Waals surface area contributed by atoms with Crippen LogP contribution in [0.15, 0.2) is 9.64 Å². The van der Waals surface area contributed by atoms with E-state index in [0.717, 1.165) is 12.8 Å². The average Bonchev–Trinajstić information content (AvgIpc) is 2.90. The van der Waals surface area contributed by atoms with Crippen LogP contribution in [0.3, 0.4) is 0 Å². The Morgan fingerprint density at radius 3 is 2.95 bits per heavy atom. The Labute approximate surface area is 122 Å². The van der Waals surface area contributed by atoms with Gasteiger partial charge in [0, 0.05) is 12.4 Å². The van der Waals surface area contributed by atoms with Crippen molar-refractivity contribution < 1.29 is 23.8 Å². The van der Waals surface area contributed by atoms with E-state index in [1.165, 1.54) is 11.8 Å². The number of esters is 1. The van der Waals surface area contributed by atoms with Crippen LogP contribution in [-0.2, 0) is 9.47 Å². The fourth-order valence-electron chi connectivity index (χ4n) is 1.22. The molecule has 0 saturated heterocycles. The molecule has 1 N–H and O–H groups in total. The molecule has 8 heteroatoms. The topological polar surface area (TPSA) is 94.7 Å². The van der Waals surface area contributed by atoms with Crippen molar-refractivity contribution in [2.24, 2.45) is 0 Å². The molecule has 7 nitrogen and oxygen atoms in total. The van der Waals surface area contributed by atoms with Crippen LogP contribution in [0.5, 0.6) is 0 Å². The molecule has 1 unspecified atom stereocenters. The quantitative estimate of drug-likeness (QED) is 0.395. The molecule has 0 amide bonds. The lowest BCUT2D eigenvalue weighted by molar-refractivity contribution is 0.0469. The third-order valence-corrected chi connectivity index (χ3v) is 3.17. The minimum Gasteiger partial charge on any atom is -0.459 e. The summed E-state index contributed by atoms with van der Waals surface area (Å²) >= 11 is 1.17. The lowest BCUT2D eigenvalue weighted by Gasteiger charge is -2.09. The van der Waals surface area contributed by atoms with Crippen LogP contribution >= 0.6 is 11.8 Å². The van der Waals surface area contributed by atoms with Gasteiger partial charge >= 0.3 is 11.9 Å². The second-order valence-electron chi connectivity index (χ2n) is 3.99. The van der Waals surface area contributed by atoms with Crippen molar-refractivity contribution in [3.05, 3.63) is 5.89 Å². The van der Waals surface area contributed by atoms with Crippen molar-refractivity contribution in [2.75, 3.05) is 25.6 Å². The van der Waals surface area contributed by atoms with Gasteiger partial charge in [0.1, 0.15) is 0 Å². The third-order valence-electron chi connectivity index (χ3n) is 2.21. The van der Waals surface area contributed by atoms with Gasteiger partial charge in [-0.25, -0.2) is 4.79 Å². The molecule has 0 radical (unpaired) electrons. The van der Waals surface area contributed by atoms with E-state index in [2.05, 4.69) is 17.1 Å². The van der Waals surface area contributed by atoms with Gasteiger partial charge < -0.3 is 19.0 Å². The highest BCUT2D eigenvalue weighted by Crippen LogP contribution is 2.17. The van der Waals surface area contributed by atoms with Crippen molar-refractivity contribution >= 4 is 17.7 Å². The molecule has 1 heterocycles. The lowest BCUT2D eigenvalue weighted by Crippen LogP contribution is -2.18. The molecular formula is C12H20N2O5S. The highest BCUT2D eigenvalue weighted by atomic mass is 32.2. The van der Waals surface area contributed by atoms with E-state index in [0.29, 0.717) is 12.4 Å². The number of carbonyl (C=O) groups is 1. The zero-order valence-electron chi connectivity index (χ0n) is 11.7. The Kier molecular flexibility index (Phi) is 8.24. The van der Waals surface area contributed by atoms with Crippen molar-refractivity contribution in [1.29, 1.82) is 0 Å². The summed E-state index contributed by atoms with van der Waals surface area (Å²) in [5.41, 5.74) is 0. The Morgan fingerprint density at radius 1 is 1.45 bits per heavy atom. The molecule has 0 aromatic carbocycles. The SMILES string of the molecule is CCCCOCC(O)CSc1nnc(C(=O)OCC)o1. The first-order valence-electron chi connectivity index (χ1n) is 6.56. The predicted octanol–water partition coefficient (Wildman–Crippen LogP) is 1.52. The van der Waals surface area contributed by atoms with Crippen LogP contribution in [0.1, 0.15) is 37.4 Å². The molecule has 1 aromatic heterocycles. The van der Waals surface area contributed by atoms with Gasteiger partial charge in [0.25, 0.3) is 5.22 Å². The molecule has 0 aliphatic heterocycles. The van der Waals surface area contributed by atoms with Gasteiger partial charge in [-0.05, 0) is 13.3 Å². The molecular weight excluding hydrogens is 284 g/mol. The van der Waals surface area contributed by atoms with Gasteiger partial charge in [0.2, 0.25) is 0 Å². The summed E-state index contributed by atoms with van der Waals surface area (Å²) in [4.78, 5) is 11.3. The number of unbranched alkanes of at least 4 members (excludes halogenated alkanes) is 1. The maximum absolute atomic E-state index is 11.3. The van der Waals surface area contributed by atoms with Gasteiger partial charge in [0.05, 0.1) is 19.3 Å². The van der Waals surface area contributed by atoms with Gasteiger partial charge in [-0.1, -0.05) is 30.2 Å². The summed E-state index contributed by atoms with van der Waals surface area (Å²) in [6.45, 7) is 4.93. The second kappa shape index (κ2) is 9.73. The minimum absolute atomic E-state index is 0.178. The van der Waals surface area contributed by atoms with E-state index < -0.39 is 12.1 Å². The van der Waals surface area contributed by atoms with Crippen molar-refractivity contribution in [3.8, 4) is 0 Å². The molecule has 0 bridgehead atoms. The van der Waals surface area contributed by atoms with E-state index in [-0.39, 0.29) is 24.3 Å². The summed E-state index contributed by atoms with van der Waals surface area (Å²) in [7, 11) is 0. The standard InChI is InChI=1S/C12H20N2O5S/c1-3-5-6-17-7-9(15)8-20-12-14-13-10(19-12)11(16)18-4-2/h9,15H,3-8H2,1-2H3. The lowest BCUT2D eigenvalue weighted by atomic mass is 10.3. The number of carbonyl (C=O) groups excluding carboxylic acids is 1. The van der Waals surface area contributed by atoms with Gasteiger partial charge in [-0.15, -0.1) is 5.10 Å². The minimum atomic E-state index is -0.643. The van der Waals surface area contributed by atoms with Gasteiger partial charge in [-0.3, -0.25) is 0 Å². The van der Waals surface area contributed by atoms with Crippen LogP contribution in [0.4, 0.5) is 0 Å². The van der Waals surface area contributed by atoms with Crippen molar-refractivity contribution in [2.45, 2.75) is 38.0 Å². The molecule has 0 fully saturated rings. The molecule has 1 rings (SSSR count). The molecule has 0 aliphatic carbocycles. The third kappa shape index (κ3) is 6.36. The van der Waals surface area contributed by atoms with Crippen LogP contribution in [-0.4, -0.2) is 53.0 Å². The van der Waals surface area contributed by atoms with Crippen LogP contribution in [0, 0.1) is 0 Å². The van der Waals surface area contributed by atoms with E-state index in [1.54, 1.807) is 6.92 Å². The number of thioether (sulfide) groups is 1. The van der Waals surface area contributed by atoms with E-state index in [1.807, 2.05) is 0 Å². The summed E-state index contributed by atoms with van der Waals surface area (Å²) in [6.07, 6.45) is 1.42. The fraction of sp³-hybridized carbons (Fsp3) is 0.750. The summed E-state index contributed by atoms with van der Waals surface area (Å²) < 4.78 is 15.1. The summed E-state index contributed by atoms with van der Waals surface area (Å²) in [5.74, 6) is -0.463. The van der Waals surface area contributed by atoms with E-state index in [9.17, 15) is 9.90 Å². The number of hydrogen-bond acceptors (Lipinski definition) is 8. The molecule has 1 atom stereocenters. The zero-order valence-corrected chi connectivity index (χ0v) is 12.5. The number of rotatable bonds is 10. The molecule has 1 aromatic rings. The molecule has 0 saturated carbocycles. The Hall–Kier alpha value is -1.12. The van der Waals surface area contributed by atoms with Gasteiger partial charge in [-0.2, -0.15) is 0 Å². The fourth-order valence-corrected chi connectivity index (χ4v) is 1.89. The molecule has 114 valence electrons. The average molecular weight is 304 g/mol. The largest absolute Gasteiger partial charge is 0.459 e. The van der Waals surface area contributed by atoms with Crippen molar-refractivity contribution in [1.82, 2.24) is 10.2 Å². The number of ether oxygens (including phenoxy) is 2. The van der Waals surface area contributed by atoms with Crippen LogP contribution in [0.25, 0.3) is 0 Å². The second-order valence-corrected chi connectivity index (χ2v) is 4.96. The Morgan fingerprint density at radius 2 is 2.25 bits per heavy atom.